The summed E-state index contributed by atoms with van der Waals surface area (Å²) in [7, 11) is 1.75. The number of anilines is 1. The summed E-state index contributed by atoms with van der Waals surface area (Å²) in [4.78, 5) is 16.1. The molecule has 6 heteroatoms. The number of rotatable bonds is 5. The highest BCUT2D eigenvalue weighted by molar-refractivity contribution is 6.33. The molecule has 1 aliphatic heterocycles. The molecule has 1 saturated heterocycles. The molecule has 19 heavy (non-hydrogen) atoms. The molecule has 1 aliphatic rings. The van der Waals surface area contributed by atoms with Crippen molar-refractivity contribution in [3.63, 3.8) is 0 Å². The molecule has 0 radical (unpaired) electrons. The minimum absolute atomic E-state index is 0.250. The van der Waals surface area contributed by atoms with Gasteiger partial charge < -0.3 is 15.4 Å². The van der Waals surface area contributed by atoms with Crippen LogP contribution in [0, 0.1) is 0 Å². The van der Waals surface area contributed by atoms with Crippen LogP contribution in [0.15, 0.2) is 12.1 Å². The van der Waals surface area contributed by atoms with Crippen LogP contribution in [0.25, 0.3) is 0 Å². The van der Waals surface area contributed by atoms with E-state index >= 15 is 0 Å². The van der Waals surface area contributed by atoms with Gasteiger partial charge in [0.2, 0.25) is 0 Å². The summed E-state index contributed by atoms with van der Waals surface area (Å²) in [6, 6.07) is 3.39. The number of amides is 1. The van der Waals surface area contributed by atoms with Gasteiger partial charge in [0, 0.05) is 20.2 Å². The van der Waals surface area contributed by atoms with Crippen LogP contribution < -0.4 is 10.6 Å². The topological polar surface area (TPSA) is 63.2 Å². The molecule has 2 N–H and O–H groups in total. The van der Waals surface area contributed by atoms with Crippen LogP contribution in [0.4, 0.5) is 5.82 Å². The van der Waals surface area contributed by atoms with Gasteiger partial charge in [0.05, 0.1) is 11.1 Å². The Kier molecular flexibility index (Phi) is 4.99. The van der Waals surface area contributed by atoms with E-state index in [2.05, 4.69) is 15.6 Å². The molecule has 104 valence electrons. The lowest BCUT2D eigenvalue weighted by molar-refractivity contribution is 0.0903. The van der Waals surface area contributed by atoms with E-state index in [1.807, 2.05) is 0 Å². The molecule has 0 spiro atoms. The largest absolute Gasteiger partial charge is 0.378 e. The summed E-state index contributed by atoms with van der Waals surface area (Å²) in [5.74, 6) is 0.369. The minimum atomic E-state index is -0.250. The number of aromatic nitrogens is 1. The highest BCUT2D eigenvalue weighted by Gasteiger charge is 2.17. The van der Waals surface area contributed by atoms with E-state index in [1.165, 1.54) is 0 Å². The highest BCUT2D eigenvalue weighted by Crippen LogP contribution is 2.17. The van der Waals surface area contributed by atoms with Gasteiger partial charge in [0.15, 0.2) is 0 Å². The van der Waals surface area contributed by atoms with E-state index < -0.39 is 0 Å². The second-order valence-electron chi connectivity index (χ2n) is 4.46. The first-order valence-electron chi connectivity index (χ1n) is 6.45. The molecule has 0 bridgehead atoms. The van der Waals surface area contributed by atoms with Gasteiger partial charge in [0.25, 0.3) is 5.91 Å². The van der Waals surface area contributed by atoms with Crippen LogP contribution in [0.3, 0.4) is 0 Å². The Bertz CT molecular complexity index is 448. The average molecular weight is 284 g/mol. The smallest absolute Gasteiger partial charge is 0.271 e. The van der Waals surface area contributed by atoms with Gasteiger partial charge in [-0.05, 0) is 31.4 Å². The monoisotopic (exact) mass is 283 g/mol. The molecule has 1 fully saturated rings. The second kappa shape index (κ2) is 6.73. The van der Waals surface area contributed by atoms with Crippen LogP contribution in [0.5, 0.6) is 0 Å². The molecular formula is C13H18ClN3O2. The van der Waals surface area contributed by atoms with E-state index in [0.717, 1.165) is 25.9 Å². The Hall–Kier alpha value is -1.33. The summed E-state index contributed by atoms with van der Waals surface area (Å²) in [5, 5.41) is 6.06. The SMILES string of the molecule is CNc1ccc(Cl)c(C(=O)NCCC2CCCO2)n1. The number of nitrogens with zero attached hydrogens (tertiary/aromatic N) is 1. The van der Waals surface area contributed by atoms with Crippen LogP contribution in [0.2, 0.25) is 5.02 Å². The molecule has 1 atom stereocenters. The Morgan fingerprint density at radius 3 is 3.11 bits per heavy atom. The fraction of sp³-hybridized carbons (Fsp3) is 0.538. The van der Waals surface area contributed by atoms with Crippen molar-refractivity contribution in [3.05, 3.63) is 22.8 Å². The molecule has 1 unspecified atom stereocenters. The Balaban J connectivity index is 1.88. The maximum Gasteiger partial charge on any atom is 0.271 e. The van der Waals surface area contributed by atoms with Gasteiger partial charge >= 0.3 is 0 Å². The number of carbonyl (C=O) groups is 1. The molecule has 1 amide bonds. The van der Waals surface area contributed by atoms with E-state index in [4.69, 9.17) is 16.3 Å². The predicted octanol–water partition coefficient (Wildman–Crippen LogP) is 2.08. The van der Waals surface area contributed by atoms with E-state index in [9.17, 15) is 4.79 Å². The van der Waals surface area contributed by atoms with Crippen molar-refractivity contribution in [2.24, 2.45) is 0 Å². The summed E-state index contributed by atoms with van der Waals surface area (Å²) in [6.45, 7) is 1.40. The van der Waals surface area contributed by atoms with Crippen LogP contribution in [0.1, 0.15) is 29.8 Å². The Morgan fingerprint density at radius 1 is 1.58 bits per heavy atom. The molecular weight excluding hydrogens is 266 g/mol. The van der Waals surface area contributed by atoms with Gasteiger partial charge in [-0.1, -0.05) is 11.6 Å². The van der Waals surface area contributed by atoms with Crippen molar-refractivity contribution in [3.8, 4) is 0 Å². The molecule has 0 aliphatic carbocycles. The van der Waals surface area contributed by atoms with Gasteiger partial charge in [-0.3, -0.25) is 4.79 Å². The quantitative estimate of drug-likeness (QED) is 0.868. The maximum absolute atomic E-state index is 12.0. The zero-order valence-electron chi connectivity index (χ0n) is 10.9. The Labute approximate surface area is 117 Å². The number of ether oxygens (including phenoxy) is 1. The maximum atomic E-state index is 12.0. The summed E-state index contributed by atoms with van der Waals surface area (Å²) in [6.07, 6.45) is 3.28. The van der Waals surface area contributed by atoms with E-state index in [1.54, 1.807) is 19.2 Å². The van der Waals surface area contributed by atoms with Crippen molar-refractivity contribution in [1.29, 1.82) is 0 Å². The second-order valence-corrected chi connectivity index (χ2v) is 4.86. The molecule has 1 aromatic heterocycles. The van der Waals surface area contributed by atoms with Crippen molar-refractivity contribution in [1.82, 2.24) is 10.3 Å². The molecule has 0 saturated carbocycles. The van der Waals surface area contributed by atoms with Crippen LogP contribution in [-0.4, -0.2) is 37.2 Å². The number of carbonyl (C=O) groups excluding carboxylic acids is 1. The fourth-order valence-corrected chi connectivity index (χ4v) is 2.23. The molecule has 0 aromatic carbocycles. The molecule has 2 heterocycles. The minimum Gasteiger partial charge on any atom is -0.378 e. The zero-order valence-corrected chi connectivity index (χ0v) is 11.7. The lowest BCUT2D eigenvalue weighted by Crippen LogP contribution is -2.28. The van der Waals surface area contributed by atoms with Gasteiger partial charge in [-0.2, -0.15) is 0 Å². The third-order valence-corrected chi connectivity index (χ3v) is 3.40. The summed E-state index contributed by atoms with van der Waals surface area (Å²) in [5.41, 5.74) is 0.251. The molecule has 1 aromatic rings. The van der Waals surface area contributed by atoms with E-state index in [0.29, 0.717) is 17.4 Å². The molecule has 5 nitrogen and oxygen atoms in total. The normalized spacial score (nSPS) is 18.3. The Morgan fingerprint density at radius 2 is 2.42 bits per heavy atom. The van der Waals surface area contributed by atoms with Crippen molar-refractivity contribution in [2.75, 3.05) is 25.5 Å². The number of hydrogen-bond donors (Lipinski definition) is 2. The molecule has 2 rings (SSSR count). The van der Waals surface area contributed by atoms with Crippen molar-refractivity contribution < 1.29 is 9.53 Å². The third-order valence-electron chi connectivity index (χ3n) is 3.09. The standard InChI is InChI=1S/C13H18ClN3O2/c1-15-11-5-4-10(14)12(17-11)13(18)16-7-6-9-3-2-8-19-9/h4-5,9H,2-3,6-8H2,1H3,(H,15,17)(H,16,18). The van der Waals surface area contributed by atoms with Crippen molar-refractivity contribution >= 4 is 23.3 Å². The van der Waals surface area contributed by atoms with Crippen LogP contribution >= 0.6 is 11.6 Å². The third kappa shape index (κ3) is 3.81. The summed E-state index contributed by atoms with van der Waals surface area (Å²) < 4.78 is 5.50. The lowest BCUT2D eigenvalue weighted by atomic mass is 10.2. The number of nitrogens with one attached hydrogen (secondary N) is 2. The highest BCUT2D eigenvalue weighted by atomic mass is 35.5. The van der Waals surface area contributed by atoms with Gasteiger partial charge in [0.1, 0.15) is 11.5 Å². The lowest BCUT2D eigenvalue weighted by Gasteiger charge is -2.11. The first kappa shape index (κ1) is 14.1. The number of pyridine rings is 1. The predicted molar refractivity (Wildman–Crippen MR) is 74.7 cm³/mol. The van der Waals surface area contributed by atoms with E-state index in [-0.39, 0.29) is 17.7 Å². The fourth-order valence-electron chi connectivity index (χ4n) is 2.04. The van der Waals surface area contributed by atoms with Gasteiger partial charge in [-0.25, -0.2) is 4.98 Å². The first-order chi connectivity index (χ1) is 9.20. The zero-order chi connectivity index (χ0) is 13.7. The summed E-state index contributed by atoms with van der Waals surface area (Å²) >= 11 is 5.98. The number of hydrogen-bond acceptors (Lipinski definition) is 4. The first-order valence-corrected chi connectivity index (χ1v) is 6.82. The van der Waals surface area contributed by atoms with Gasteiger partial charge in [-0.15, -0.1) is 0 Å². The average Bonchev–Trinajstić information content (AvgIpc) is 2.92. The number of halogens is 1. The van der Waals surface area contributed by atoms with Crippen molar-refractivity contribution in [2.45, 2.75) is 25.4 Å². The van der Waals surface area contributed by atoms with Crippen LogP contribution in [-0.2, 0) is 4.74 Å².